The molecule has 0 aromatic heterocycles. The Balaban J connectivity index is 1.37. The van der Waals surface area contributed by atoms with E-state index in [9.17, 15) is 4.79 Å². The quantitative estimate of drug-likeness (QED) is 0.866. The fourth-order valence-electron chi connectivity index (χ4n) is 4.16. The Morgan fingerprint density at radius 3 is 2.26 bits per heavy atom. The Bertz CT molecular complexity index is 405. The first-order valence-corrected chi connectivity index (χ1v) is 9.34. The third kappa shape index (κ3) is 4.60. The minimum atomic E-state index is -0.398. The molecule has 4 fully saturated rings. The lowest BCUT2D eigenvalue weighted by Gasteiger charge is -2.45. The molecular weight excluding hydrogens is 290 g/mol. The highest BCUT2D eigenvalue weighted by Crippen LogP contribution is 2.28. The number of amides is 1. The minimum Gasteiger partial charge on any atom is -0.444 e. The topological polar surface area (TPSA) is 44.8 Å². The molecule has 4 aliphatic heterocycles. The number of likely N-dealkylation sites (tertiary alicyclic amines) is 1. The Hall–Kier alpha value is -0.810. The van der Waals surface area contributed by atoms with Gasteiger partial charge in [-0.2, -0.15) is 0 Å². The van der Waals surface area contributed by atoms with E-state index in [0.717, 1.165) is 38.4 Å². The summed E-state index contributed by atoms with van der Waals surface area (Å²) in [7, 11) is 0. The zero-order valence-electron chi connectivity index (χ0n) is 15.0. The Morgan fingerprint density at radius 2 is 1.74 bits per heavy atom. The van der Waals surface area contributed by atoms with E-state index in [2.05, 4.69) is 10.2 Å². The second-order valence-corrected chi connectivity index (χ2v) is 8.56. The number of hydrogen-bond acceptors (Lipinski definition) is 4. The molecular formula is C18H33N3O2. The van der Waals surface area contributed by atoms with Gasteiger partial charge in [-0.15, -0.1) is 0 Å². The van der Waals surface area contributed by atoms with E-state index in [1.54, 1.807) is 0 Å². The number of carbonyl (C=O) groups excluding carboxylic acids is 1. The van der Waals surface area contributed by atoms with Gasteiger partial charge in [-0.25, -0.2) is 4.79 Å². The van der Waals surface area contributed by atoms with Crippen molar-refractivity contribution in [2.45, 2.75) is 58.1 Å². The number of nitrogens with one attached hydrogen (secondary N) is 1. The van der Waals surface area contributed by atoms with Crippen molar-refractivity contribution in [3.8, 4) is 0 Å². The Morgan fingerprint density at radius 1 is 1.09 bits per heavy atom. The number of piperidine rings is 4. The molecule has 2 bridgehead atoms. The lowest BCUT2D eigenvalue weighted by molar-refractivity contribution is 0.0176. The van der Waals surface area contributed by atoms with Gasteiger partial charge >= 0.3 is 6.09 Å². The molecule has 1 atom stereocenters. The van der Waals surface area contributed by atoms with Crippen LogP contribution in [-0.4, -0.2) is 66.8 Å². The summed E-state index contributed by atoms with van der Waals surface area (Å²) >= 11 is 0. The van der Waals surface area contributed by atoms with E-state index in [4.69, 9.17) is 4.74 Å². The Kier molecular flexibility index (Phi) is 5.16. The maximum Gasteiger partial charge on any atom is 0.410 e. The first-order valence-electron chi connectivity index (χ1n) is 9.34. The van der Waals surface area contributed by atoms with Crippen molar-refractivity contribution in [1.29, 1.82) is 0 Å². The summed E-state index contributed by atoms with van der Waals surface area (Å²) in [5, 5.41) is 3.83. The number of rotatable bonds is 3. The van der Waals surface area contributed by atoms with E-state index in [0.29, 0.717) is 12.0 Å². The fraction of sp³-hybridized carbons (Fsp3) is 0.944. The molecule has 1 unspecified atom stereocenters. The van der Waals surface area contributed by atoms with Crippen LogP contribution in [-0.2, 0) is 4.74 Å². The first-order chi connectivity index (χ1) is 10.9. The summed E-state index contributed by atoms with van der Waals surface area (Å²) in [4.78, 5) is 16.6. The predicted molar refractivity (Wildman–Crippen MR) is 91.5 cm³/mol. The van der Waals surface area contributed by atoms with Gasteiger partial charge in [-0.05, 0) is 77.9 Å². The normalized spacial score (nSPS) is 32.1. The maximum atomic E-state index is 12.1. The zero-order valence-corrected chi connectivity index (χ0v) is 15.0. The fourth-order valence-corrected chi connectivity index (χ4v) is 4.16. The van der Waals surface area contributed by atoms with Gasteiger partial charge in [0.2, 0.25) is 0 Å². The van der Waals surface area contributed by atoms with Crippen LogP contribution in [0.3, 0.4) is 0 Å². The summed E-state index contributed by atoms with van der Waals surface area (Å²) < 4.78 is 5.47. The second kappa shape index (κ2) is 6.98. The van der Waals surface area contributed by atoms with Crippen molar-refractivity contribution in [2.75, 3.05) is 39.3 Å². The summed E-state index contributed by atoms with van der Waals surface area (Å²) in [5.74, 6) is 1.59. The number of carbonyl (C=O) groups is 1. The first kappa shape index (κ1) is 17.0. The van der Waals surface area contributed by atoms with Crippen LogP contribution in [0.25, 0.3) is 0 Å². The number of hydrogen-bond donors (Lipinski definition) is 1. The zero-order chi connectivity index (χ0) is 16.4. The smallest absolute Gasteiger partial charge is 0.410 e. The highest BCUT2D eigenvalue weighted by atomic mass is 16.6. The molecule has 0 aromatic rings. The molecule has 0 aliphatic carbocycles. The molecule has 4 rings (SSSR count). The van der Waals surface area contributed by atoms with Crippen LogP contribution in [0, 0.1) is 11.8 Å². The molecule has 23 heavy (non-hydrogen) atoms. The second-order valence-electron chi connectivity index (χ2n) is 8.56. The molecule has 4 saturated heterocycles. The van der Waals surface area contributed by atoms with E-state index in [1.807, 2.05) is 25.7 Å². The molecule has 0 aromatic carbocycles. The summed E-state index contributed by atoms with van der Waals surface area (Å²) in [6, 6.07) is 0.696. The van der Waals surface area contributed by atoms with E-state index >= 15 is 0 Å². The molecule has 0 radical (unpaired) electrons. The van der Waals surface area contributed by atoms with Gasteiger partial charge < -0.3 is 19.9 Å². The highest BCUT2D eigenvalue weighted by molar-refractivity contribution is 5.68. The van der Waals surface area contributed by atoms with Crippen molar-refractivity contribution in [3.05, 3.63) is 0 Å². The summed E-state index contributed by atoms with van der Waals surface area (Å²) in [5.41, 5.74) is -0.398. The number of nitrogens with zero attached hydrogens (tertiary/aromatic N) is 2. The molecule has 132 valence electrons. The van der Waals surface area contributed by atoms with Gasteiger partial charge in [0, 0.05) is 25.7 Å². The van der Waals surface area contributed by atoms with E-state index in [-0.39, 0.29) is 6.09 Å². The van der Waals surface area contributed by atoms with Crippen molar-refractivity contribution in [2.24, 2.45) is 11.8 Å². The maximum absolute atomic E-state index is 12.1. The molecule has 1 N–H and O–H groups in total. The predicted octanol–water partition coefficient (Wildman–Crippen LogP) is 2.32. The van der Waals surface area contributed by atoms with E-state index < -0.39 is 5.60 Å². The average molecular weight is 323 g/mol. The van der Waals surface area contributed by atoms with Gasteiger partial charge in [-0.1, -0.05) is 0 Å². The van der Waals surface area contributed by atoms with Gasteiger partial charge in [0.15, 0.2) is 0 Å². The van der Waals surface area contributed by atoms with Crippen molar-refractivity contribution < 1.29 is 9.53 Å². The largest absolute Gasteiger partial charge is 0.444 e. The van der Waals surface area contributed by atoms with E-state index in [1.165, 1.54) is 32.5 Å². The standard InChI is InChI=1S/C18H33N3O2/c1-18(2,3)23-17(22)21-10-4-14(5-11-21)12-19-16-13-20-8-6-15(16)7-9-20/h14-16,19H,4-13H2,1-3H3. The van der Waals surface area contributed by atoms with Gasteiger partial charge in [0.1, 0.15) is 5.60 Å². The van der Waals surface area contributed by atoms with Gasteiger partial charge in [0.25, 0.3) is 0 Å². The van der Waals surface area contributed by atoms with Crippen LogP contribution in [0.5, 0.6) is 0 Å². The Labute approximate surface area is 140 Å². The number of ether oxygens (including phenoxy) is 1. The van der Waals surface area contributed by atoms with Crippen molar-refractivity contribution >= 4 is 6.09 Å². The third-order valence-corrected chi connectivity index (χ3v) is 5.59. The van der Waals surface area contributed by atoms with Crippen LogP contribution in [0.1, 0.15) is 46.5 Å². The average Bonchev–Trinajstić information content (AvgIpc) is 2.53. The molecule has 1 amide bonds. The van der Waals surface area contributed by atoms with Gasteiger partial charge in [-0.3, -0.25) is 0 Å². The molecule has 0 spiro atoms. The van der Waals surface area contributed by atoms with Gasteiger partial charge in [0.05, 0.1) is 0 Å². The van der Waals surface area contributed by atoms with Crippen LogP contribution in [0.4, 0.5) is 4.79 Å². The molecule has 4 aliphatic rings. The van der Waals surface area contributed by atoms with Crippen LogP contribution < -0.4 is 5.32 Å². The lowest BCUT2D eigenvalue weighted by Crippen LogP contribution is -2.57. The third-order valence-electron chi connectivity index (χ3n) is 5.59. The molecule has 4 heterocycles. The van der Waals surface area contributed by atoms with Crippen LogP contribution in [0.15, 0.2) is 0 Å². The number of fused-ring (bicyclic) bond motifs is 3. The van der Waals surface area contributed by atoms with Crippen molar-refractivity contribution in [1.82, 2.24) is 15.1 Å². The summed E-state index contributed by atoms with van der Waals surface area (Å²) in [6.45, 7) is 12.4. The van der Waals surface area contributed by atoms with Crippen LogP contribution >= 0.6 is 0 Å². The monoisotopic (exact) mass is 323 g/mol. The lowest BCUT2D eigenvalue weighted by atomic mass is 9.83. The minimum absolute atomic E-state index is 0.152. The highest BCUT2D eigenvalue weighted by Gasteiger charge is 2.34. The summed E-state index contributed by atoms with van der Waals surface area (Å²) in [6.07, 6.45) is 4.77. The van der Waals surface area contributed by atoms with Crippen molar-refractivity contribution in [3.63, 3.8) is 0 Å². The molecule has 5 nitrogen and oxygen atoms in total. The molecule has 0 saturated carbocycles. The van der Waals surface area contributed by atoms with Crippen LogP contribution in [0.2, 0.25) is 0 Å². The molecule has 5 heteroatoms. The SMILES string of the molecule is CC(C)(C)OC(=O)N1CCC(CNC2CN3CCC2CC3)CC1.